The molecule has 2 rings (SSSR count). The summed E-state index contributed by atoms with van der Waals surface area (Å²) in [6.45, 7) is 0.00629. The number of amides is 1. The van der Waals surface area contributed by atoms with Crippen LogP contribution in [-0.4, -0.2) is 30.7 Å². The molecule has 0 aliphatic rings. The van der Waals surface area contributed by atoms with Gasteiger partial charge in [-0.2, -0.15) is 5.10 Å². The van der Waals surface area contributed by atoms with E-state index in [1.54, 1.807) is 31.4 Å². The fourth-order valence-electron chi connectivity index (χ4n) is 1.85. The maximum absolute atomic E-state index is 11.7. The van der Waals surface area contributed by atoms with Gasteiger partial charge in [-0.15, -0.1) is 0 Å². The van der Waals surface area contributed by atoms with Crippen LogP contribution in [0.4, 0.5) is 11.4 Å². The number of carbonyl (C=O) groups excluding carboxylic acids is 1. The lowest BCUT2D eigenvalue weighted by Gasteiger charge is -2.06. The highest BCUT2D eigenvalue weighted by molar-refractivity contribution is 6.33. The number of halogens is 1. The minimum absolute atomic E-state index is 0.00629. The molecule has 0 atom stereocenters. The van der Waals surface area contributed by atoms with Gasteiger partial charge in [0.15, 0.2) is 0 Å². The van der Waals surface area contributed by atoms with Crippen LogP contribution in [0.5, 0.6) is 5.75 Å². The van der Waals surface area contributed by atoms with Crippen LogP contribution >= 0.6 is 11.6 Å². The van der Waals surface area contributed by atoms with Crippen LogP contribution in [0, 0.1) is 10.1 Å². The average molecular weight is 363 g/mol. The first-order valence-corrected chi connectivity index (χ1v) is 7.51. The lowest BCUT2D eigenvalue weighted by Crippen LogP contribution is -2.25. The average Bonchev–Trinajstić information content (AvgIpc) is 2.61. The van der Waals surface area contributed by atoms with E-state index in [0.717, 1.165) is 5.69 Å². The number of anilines is 1. The smallest absolute Gasteiger partial charge is 0.270 e. The first-order chi connectivity index (χ1) is 12.0. The monoisotopic (exact) mass is 362 g/mol. The summed E-state index contributed by atoms with van der Waals surface area (Å²) in [5, 5.41) is 17.7. The van der Waals surface area contributed by atoms with Gasteiger partial charge in [0.05, 0.1) is 24.8 Å². The van der Waals surface area contributed by atoms with E-state index >= 15 is 0 Å². The molecule has 0 aliphatic heterocycles. The van der Waals surface area contributed by atoms with Crippen LogP contribution in [0.25, 0.3) is 0 Å². The predicted octanol–water partition coefficient (Wildman–Crippen LogP) is 2.82. The van der Waals surface area contributed by atoms with Gasteiger partial charge in [0.2, 0.25) is 0 Å². The van der Waals surface area contributed by atoms with E-state index in [-0.39, 0.29) is 18.1 Å². The highest BCUT2D eigenvalue weighted by Crippen LogP contribution is 2.20. The van der Waals surface area contributed by atoms with Gasteiger partial charge in [-0.1, -0.05) is 11.6 Å². The lowest BCUT2D eigenvalue weighted by molar-refractivity contribution is -0.384. The number of hydrogen-bond donors (Lipinski definition) is 2. The van der Waals surface area contributed by atoms with E-state index in [1.165, 1.54) is 24.4 Å². The van der Waals surface area contributed by atoms with Crippen molar-refractivity contribution >= 4 is 35.1 Å². The number of nitrogens with one attached hydrogen (secondary N) is 2. The number of hydrazone groups is 1. The summed E-state index contributed by atoms with van der Waals surface area (Å²) in [6.07, 6.45) is 1.25. The normalized spacial score (nSPS) is 10.5. The van der Waals surface area contributed by atoms with E-state index in [4.69, 9.17) is 16.3 Å². The molecular weight excluding hydrogens is 348 g/mol. The summed E-state index contributed by atoms with van der Waals surface area (Å²) < 4.78 is 5.04. The SMILES string of the molecule is COc1ccc(NCC(=O)NN=Cc2cc([N+](=O)[O-])ccc2Cl)cc1. The van der Waals surface area contributed by atoms with E-state index in [2.05, 4.69) is 15.8 Å². The largest absolute Gasteiger partial charge is 0.497 e. The summed E-state index contributed by atoms with van der Waals surface area (Å²) in [5.74, 6) is 0.335. The Labute approximate surface area is 148 Å². The number of ether oxygens (including phenoxy) is 1. The van der Waals surface area contributed by atoms with Gasteiger partial charge < -0.3 is 10.1 Å². The molecule has 0 saturated heterocycles. The number of non-ortho nitro benzene ring substituents is 1. The molecule has 0 spiro atoms. The number of nitro benzene ring substituents is 1. The molecule has 0 unspecified atom stereocenters. The third-order valence-corrected chi connectivity index (χ3v) is 3.47. The standard InChI is InChI=1S/C16H15ClN4O4/c1-25-14-5-2-12(3-6-14)18-10-16(22)20-19-9-11-8-13(21(23)24)4-7-15(11)17/h2-9,18H,10H2,1H3,(H,20,22). The summed E-state index contributed by atoms with van der Waals surface area (Å²) in [5.41, 5.74) is 3.29. The molecule has 0 aromatic heterocycles. The van der Waals surface area contributed by atoms with E-state index in [0.29, 0.717) is 16.3 Å². The summed E-state index contributed by atoms with van der Waals surface area (Å²) in [7, 11) is 1.57. The van der Waals surface area contributed by atoms with Crippen LogP contribution in [0.15, 0.2) is 47.6 Å². The first kappa shape index (κ1) is 18.2. The van der Waals surface area contributed by atoms with Gasteiger partial charge in [0, 0.05) is 28.4 Å². The Morgan fingerprint density at radius 2 is 2.04 bits per heavy atom. The van der Waals surface area contributed by atoms with Crippen LogP contribution in [0.3, 0.4) is 0 Å². The number of benzene rings is 2. The Morgan fingerprint density at radius 1 is 1.32 bits per heavy atom. The van der Waals surface area contributed by atoms with Crippen molar-refractivity contribution < 1.29 is 14.5 Å². The first-order valence-electron chi connectivity index (χ1n) is 7.13. The molecule has 2 aromatic carbocycles. The number of methoxy groups -OCH3 is 1. The molecule has 25 heavy (non-hydrogen) atoms. The molecule has 2 aromatic rings. The molecular formula is C16H15ClN4O4. The van der Waals surface area contributed by atoms with Crippen LogP contribution < -0.4 is 15.5 Å². The van der Waals surface area contributed by atoms with E-state index < -0.39 is 4.92 Å². The van der Waals surface area contributed by atoms with Gasteiger partial charge in [0.1, 0.15) is 5.75 Å². The van der Waals surface area contributed by atoms with E-state index in [1.807, 2.05) is 0 Å². The fraction of sp³-hybridized carbons (Fsp3) is 0.125. The van der Waals surface area contributed by atoms with Crippen molar-refractivity contribution in [3.63, 3.8) is 0 Å². The maximum Gasteiger partial charge on any atom is 0.270 e. The van der Waals surface area contributed by atoms with Crippen LogP contribution in [0.1, 0.15) is 5.56 Å². The van der Waals surface area contributed by atoms with Crippen LogP contribution in [-0.2, 0) is 4.79 Å². The van der Waals surface area contributed by atoms with Crippen molar-refractivity contribution in [2.24, 2.45) is 5.10 Å². The number of hydrogen-bond acceptors (Lipinski definition) is 6. The van der Waals surface area contributed by atoms with Gasteiger partial charge in [-0.3, -0.25) is 14.9 Å². The molecule has 0 bridgehead atoms. The van der Waals surface area contributed by atoms with Crippen molar-refractivity contribution in [2.45, 2.75) is 0 Å². The van der Waals surface area contributed by atoms with Gasteiger partial charge in [-0.25, -0.2) is 5.43 Å². The lowest BCUT2D eigenvalue weighted by atomic mass is 10.2. The minimum atomic E-state index is -0.537. The molecule has 9 heteroatoms. The molecule has 130 valence electrons. The highest BCUT2D eigenvalue weighted by atomic mass is 35.5. The van der Waals surface area contributed by atoms with Gasteiger partial charge >= 0.3 is 0 Å². The summed E-state index contributed by atoms with van der Waals surface area (Å²) in [4.78, 5) is 21.9. The Balaban J connectivity index is 1.87. The minimum Gasteiger partial charge on any atom is -0.497 e. The highest BCUT2D eigenvalue weighted by Gasteiger charge is 2.08. The second-order valence-corrected chi connectivity index (χ2v) is 5.25. The second-order valence-electron chi connectivity index (χ2n) is 4.84. The number of nitrogens with zero attached hydrogens (tertiary/aromatic N) is 2. The molecule has 8 nitrogen and oxygen atoms in total. The molecule has 2 N–H and O–H groups in total. The van der Waals surface area contributed by atoms with Gasteiger partial charge in [-0.05, 0) is 30.3 Å². The zero-order valence-electron chi connectivity index (χ0n) is 13.2. The number of rotatable bonds is 7. The zero-order valence-corrected chi connectivity index (χ0v) is 14.0. The Morgan fingerprint density at radius 3 is 2.68 bits per heavy atom. The second kappa shape index (κ2) is 8.65. The maximum atomic E-state index is 11.7. The number of nitro groups is 1. The van der Waals surface area contributed by atoms with Crippen molar-refractivity contribution in [3.05, 3.63) is 63.2 Å². The predicted molar refractivity (Wildman–Crippen MR) is 95.3 cm³/mol. The summed E-state index contributed by atoms with van der Waals surface area (Å²) in [6, 6.07) is 11.0. The topological polar surface area (TPSA) is 106 Å². The van der Waals surface area contributed by atoms with Crippen molar-refractivity contribution in [3.8, 4) is 5.75 Å². The number of carbonyl (C=O) groups is 1. The molecule has 1 amide bonds. The Kier molecular flexibility index (Phi) is 6.30. The molecule has 0 aliphatic carbocycles. The van der Waals surface area contributed by atoms with Gasteiger partial charge in [0.25, 0.3) is 11.6 Å². The molecule has 0 radical (unpaired) electrons. The summed E-state index contributed by atoms with van der Waals surface area (Å²) >= 11 is 5.93. The zero-order chi connectivity index (χ0) is 18.2. The third kappa shape index (κ3) is 5.47. The van der Waals surface area contributed by atoms with Crippen molar-refractivity contribution in [2.75, 3.05) is 19.0 Å². The Hall–Kier alpha value is -3.13. The fourth-order valence-corrected chi connectivity index (χ4v) is 2.01. The molecule has 0 heterocycles. The quantitative estimate of drug-likeness (QED) is 0.447. The Bertz CT molecular complexity index is 793. The van der Waals surface area contributed by atoms with Crippen molar-refractivity contribution in [1.82, 2.24) is 5.43 Å². The third-order valence-electron chi connectivity index (χ3n) is 3.13. The molecule has 0 saturated carbocycles. The van der Waals surface area contributed by atoms with Crippen LogP contribution in [0.2, 0.25) is 5.02 Å². The van der Waals surface area contributed by atoms with E-state index in [9.17, 15) is 14.9 Å². The van der Waals surface area contributed by atoms with Crippen molar-refractivity contribution in [1.29, 1.82) is 0 Å². The molecule has 0 fully saturated rings.